The van der Waals surface area contributed by atoms with Crippen LogP contribution in [0, 0.1) is 0 Å². The summed E-state index contributed by atoms with van der Waals surface area (Å²) in [5, 5.41) is 0. The highest BCUT2D eigenvalue weighted by molar-refractivity contribution is 9.10. The van der Waals surface area contributed by atoms with E-state index in [4.69, 9.17) is 5.73 Å². The third-order valence-corrected chi connectivity index (χ3v) is 2.73. The number of nitrogens with two attached hydrogens (primary N) is 1. The number of nitrogens with one attached hydrogen (secondary N) is 1. The van der Waals surface area contributed by atoms with Crippen LogP contribution in [-0.2, 0) is 0 Å². The maximum atomic E-state index is 5.73. The minimum Gasteiger partial charge on any atom is -0.399 e. The second kappa shape index (κ2) is 3.28. The van der Waals surface area contributed by atoms with Crippen LogP contribution in [0.2, 0.25) is 0 Å². The van der Waals surface area contributed by atoms with Gasteiger partial charge in [-0.05, 0) is 28.1 Å². The van der Waals surface area contributed by atoms with Gasteiger partial charge < -0.3 is 10.7 Å². The zero-order valence-corrected chi connectivity index (χ0v) is 9.72. The molecule has 14 heavy (non-hydrogen) atoms. The van der Waals surface area contributed by atoms with E-state index in [0.29, 0.717) is 5.92 Å². The Hall–Kier alpha value is -1.03. The average molecular weight is 254 g/mol. The molecule has 0 radical (unpaired) electrons. The first-order chi connectivity index (χ1) is 6.58. The highest BCUT2D eigenvalue weighted by Crippen LogP contribution is 2.26. The van der Waals surface area contributed by atoms with Crippen LogP contribution >= 0.6 is 15.9 Å². The lowest BCUT2D eigenvalue weighted by atomic mass is 10.2. The van der Waals surface area contributed by atoms with E-state index in [1.54, 1.807) is 0 Å². The van der Waals surface area contributed by atoms with Crippen LogP contribution < -0.4 is 5.73 Å². The van der Waals surface area contributed by atoms with Crippen LogP contribution in [0.1, 0.15) is 25.6 Å². The predicted molar refractivity (Wildman–Crippen MR) is 62.3 cm³/mol. The lowest BCUT2D eigenvalue weighted by Crippen LogP contribution is -1.88. The number of fused-ring (bicyclic) bond motifs is 1. The summed E-state index contributed by atoms with van der Waals surface area (Å²) in [5.41, 5.74) is 8.41. The topological polar surface area (TPSA) is 54.7 Å². The Morgan fingerprint density at radius 1 is 1.43 bits per heavy atom. The van der Waals surface area contributed by atoms with Gasteiger partial charge in [0.25, 0.3) is 0 Å². The molecule has 0 saturated carbocycles. The van der Waals surface area contributed by atoms with Gasteiger partial charge in [-0.2, -0.15) is 0 Å². The number of aromatic amines is 1. The summed E-state index contributed by atoms with van der Waals surface area (Å²) in [6, 6.07) is 3.77. The van der Waals surface area contributed by atoms with Crippen molar-refractivity contribution in [3.63, 3.8) is 0 Å². The van der Waals surface area contributed by atoms with Gasteiger partial charge in [-0.15, -0.1) is 0 Å². The van der Waals surface area contributed by atoms with E-state index in [9.17, 15) is 0 Å². The molecule has 0 saturated heterocycles. The van der Waals surface area contributed by atoms with Crippen molar-refractivity contribution in [2.75, 3.05) is 5.73 Å². The molecule has 4 heteroatoms. The average Bonchev–Trinajstić information content (AvgIpc) is 2.47. The van der Waals surface area contributed by atoms with Crippen LogP contribution in [0.4, 0.5) is 5.69 Å². The number of H-pyrrole nitrogens is 1. The molecule has 2 rings (SSSR count). The Kier molecular flexibility index (Phi) is 2.23. The summed E-state index contributed by atoms with van der Waals surface area (Å²) >= 11 is 3.45. The molecular formula is C10H12BrN3. The molecule has 0 amide bonds. The highest BCUT2D eigenvalue weighted by atomic mass is 79.9. The molecule has 3 nitrogen and oxygen atoms in total. The molecule has 74 valence electrons. The monoisotopic (exact) mass is 253 g/mol. The van der Waals surface area contributed by atoms with Gasteiger partial charge in [-0.25, -0.2) is 4.98 Å². The molecule has 0 unspecified atom stereocenters. The Morgan fingerprint density at radius 2 is 2.14 bits per heavy atom. The minimum atomic E-state index is 0.399. The number of rotatable bonds is 1. The number of aromatic nitrogens is 2. The van der Waals surface area contributed by atoms with Crippen LogP contribution in [0.25, 0.3) is 11.0 Å². The Labute approximate surface area is 90.8 Å². The number of imidazole rings is 1. The van der Waals surface area contributed by atoms with Gasteiger partial charge in [-0.1, -0.05) is 13.8 Å². The fraction of sp³-hybridized carbons (Fsp3) is 0.300. The van der Waals surface area contributed by atoms with Crippen LogP contribution in [-0.4, -0.2) is 9.97 Å². The molecule has 2 aromatic rings. The van der Waals surface area contributed by atoms with Gasteiger partial charge in [0.15, 0.2) is 0 Å². The zero-order chi connectivity index (χ0) is 10.3. The number of anilines is 1. The second-order valence-corrected chi connectivity index (χ2v) is 4.53. The second-order valence-electron chi connectivity index (χ2n) is 3.68. The molecule has 0 aliphatic heterocycles. The van der Waals surface area contributed by atoms with E-state index in [1.807, 2.05) is 12.1 Å². The van der Waals surface area contributed by atoms with Crippen molar-refractivity contribution in [1.29, 1.82) is 0 Å². The third kappa shape index (κ3) is 1.50. The Bertz CT molecular complexity index is 473. The number of nitrogens with zero attached hydrogens (tertiary/aromatic N) is 1. The quantitative estimate of drug-likeness (QED) is 0.768. The molecule has 1 heterocycles. The molecule has 0 bridgehead atoms. The van der Waals surface area contributed by atoms with Gasteiger partial charge in [0.05, 0.1) is 5.52 Å². The Morgan fingerprint density at radius 3 is 2.79 bits per heavy atom. The minimum absolute atomic E-state index is 0.399. The van der Waals surface area contributed by atoms with Gasteiger partial charge in [0.1, 0.15) is 11.3 Å². The van der Waals surface area contributed by atoms with E-state index in [2.05, 4.69) is 39.7 Å². The smallest absolute Gasteiger partial charge is 0.109 e. The Balaban J connectivity index is 2.70. The van der Waals surface area contributed by atoms with Crippen molar-refractivity contribution >= 4 is 32.7 Å². The number of hydrogen-bond donors (Lipinski definition) is 2. The number of benzene rings is 1. The van der Waals surface area contributed by atoms with Gasteiger partial charge in [0.2, 0.25) is 0 Å². The molecule has 0 spiro atoms. The van der Waals surface area contributed by atoms with Crippen molar-refractivity contribution in [3.8, 4) is 0 Å². The first-order valence-electron chi connectivity index (χ1n) is 4.52. The maximum absolute atomic E-state index is 5.73. The molecule has 0 fully saturated rings. The lowest BCUT2D eigenvalue weighted by molar-refractivity contribution is 0.799. The molecule has 0 atom stereocenters. The fourth-order valence-electron chi connectivity index (χ4n) is 1.39. The molecule has 0 aliphatic carbocycles. The highest BCUT2D eigenvalue weighted by Gasteiger charge is 2.09. The zero-order valence-electron chi connectivity index (χ0n) is 8.13. The van der Waals surface area contributed by atoms with Crippen LogP contribution in [0.3, 0.4) is 0 Å². The number of nitrogen functional groups attached to an aromatic ring is 1. The summed E-state index contributed by atoms with van der Waals surface area (Å²) in [6.45, 7) is 4.21. The van der Waals surface area contributed by atoms with E-state index in [-0.39, 0.29) is 0 Å². The van der Waals surface area contributed by atoms with Crippen molar-refractivity contribution < 1.29 is 0 Å². The standard InChI is InChI=1S/C10H12BrN3/c1-5(2)10-13-8-4-6(12)3-7(11)9(8)14-10/h3-5H,12H2,1-2H3,(H,13,14). The van der Waals surface area contributed by atoms with Crippen LogP contribution in [0.5, 0.6) is 0 Å². The molecule has 3 N–H and O–H groups in total. The van der Waals surface area contributed by atoms with E-state index >= 15 is 0 Å². The summed E-state index contributed by atoms with van der Waals surface area (Å²) in [7, 11) is 0. The van der Waals surface area contributed by atoms with E-state index in [1.165, 1.54) is 0 Å². The summed E-state index contributed by atoms with van der Waals surface area (Å²) in [5.74, 6) is 1.39. The van der Waals surface area contributed by atoms with Crippen molar-refractivity contribution in [1.82, 2.24) is 9.97 Å². The van der Waals surface area contributed by atoms with Gasteiger partial charge >= 0.3 is 0 Å². The first-order valence-corrected chi connectivity index (χ1v) is 5.32. The number of hydrogen-bond acceptors (Lipinski definition) is 2. The lowest BCUT2D eigenvalue weighted by Gasteiger charge is -1.95. The van der Waals surface area contributed by atoms with Crippen LogP contribution in [0.15, 0.2) is 16.6 Å². The van der Waals surface area contributed by atoms with Crippen molar-refractivity contribution in [2.24, 2.45) is 0 Å². The maximum Gasteiger partial charge on any atom is 0.109 e. The fourth-order valence-corrected chi connectivity index (χ4v) is 1.96. The molecule has 1 aromatic heterocycles. The van der Waals surface area contributed by atoms with E-state index in [0.717, 1.165) is 27.0 Å². The van der Waals surface area contributed by atoms with Gasteiger partial charge in [-0.3, -0.25) is 0 Å². The first kappa shape index (κ1) is 9.52. The largest absolute Gasteiger partial charge is 0.399 e. The van der Waals surface area contributed by atoms with Crippen molar-refractivity contribution in [2.45, 2.75) is 19.8 Å². The number of halogens is 1. The summed E-state index contributed by atoms with van der Waals surface area (Å²) < 4.78 is 0.940. The normalized spacial score (nSPS) is 11.4. The van der Waals surface area contributed by atoms with E-state index < -0.39 is 0 Å². The van der Waals surface area contributed by atoms with Crippen molar-refractivity contribution in [3.05, 3.63) is 22.4 Å². The summed E-state index contributed by atoms with van der Waals surface area (Å²) in [4.78, 5) is 7.75. The molecule has 1 aromatic carbocycles. The summed E-state index contributed by atoms with van der Waals surface area (Å²) in [6.07, 6.45) is 0. The SMILES string of the molecule is CC(C)c1nc2c(Br)cc(N)cc2[nH]1. The predicted octanol–water partition coefficient (Wildman–Crippen LogP) is 3.03. The third-order valence-electron chi connectivity index (χ3n) is 2.13. The molecule has 0 aliphatic rings. The molecular weight excluding hydrogens is 242 g/mol. The van der Waals surface area contributed by atoms with Gasteiger partial charge in [0, 0.05) is 16.1 Å².